The van der Waals surface area contributed by atoms with Gasteiger partial charge in [-0.25, -0.2) is 32.8 Å². The maximum atomic E-state index is 13.2. The first-order chi connectivity index (χ1) is 23.3. The molecule has 0 bridgehead atoms. The lowest BCUT2D eigenvalue weighted by Gasteiger charge is -2.07. The number of benzene rings is 3. The van der Waals surface area contributed by atoms with Crippen molar-refractivity contribution in [1.82, 2.24) is 0 Å². The zero-order chi connectivity index (χ0) is 39.2. The van der Waals surface area contributed by atoms with Gasteiger partial charge in [0.25, 0.3) is 0 Å². The lowest BCUT2D eigenvalue weighted by atomic mass is 10.3. The molecule has 0 atom stereocenters. The second kappa shape index (κ2) is 33.7. The largest absolute Gasteiger partial charge is 0.453 e. The Bertz CT molecular complexity index is 1550. The van der Waals surface area contributed by atoms with Crippen molar-refractivity contribution in [2.24, 2.45) is 0 Å². The Labute approximate surface area is 378 Å². The fraction of sp³-hybridized carbons (Fsp3) is 0.222. The normalized spacial score (nSPS) is 9.15. The molecule has 0 heterocycles. The van der Waals surface area contributed by atoms with Crippen molar-refractivity contribution in [3.8, 4) is 0 Å². The van der Waals surface area contributed by atoms with Crippen LogP contribution in [0.3, 0.4) is 0 Å². The van der Waals surface area contributed by atoms with E-state index < -0.39 is 55.8 Å². The van der Waals surface area contributed by atoms with E-state index in [1.165, 1.54) is 51.7 Å². The van der Waals surface area contributed by atoms with Crippen LogP contribution in [-0.2, 0) is 22.5 Å². The summed E-state index contributed by atoms with van der Waals surface area (Å²) in [6.45, 7) is 0. The summed E-state index contributed by atoms with van der Waals surface area (Å²) in [5.41, 5.74) is 0.965. The summed E-state index contributed by atoms with van der Waals surface area (Å²) in [6.07, 6.45) is -1.95. The highest BCUT2D eigenvalue weighted by Gasteiger charge is 2.28. The van der Waals surface area contributed by atoms with Gasteiger partial charge in [0.05, 0.1) is 51.3 Å². The van der Waals surface area contributed by atoms with E-state index >= 15 is 0 Å². The van der Waals surface area contributed by atoms with Gasteiger partial charge in [-0.15, -0.1) is 0 Å². The zero-order valence-electron chi connectivity index (χ0n) is 24.6. The highest BCUT2D eigenvalue weighted by molar-refractivity contribution is 15.0. The van der Waals surface area contributed by atoms with Gasteiger partial charge in [0.1, 0.15) is 11.6 Å². The third kappa shape index (κ3) is 27.7. The Morgan fingerprint density at radius 1 is 0.717 bits per heavy atom. The van der Waals surface area contributed by atoms with Crippen LogP contribution in [0, 0.1) is 24.6 Å². The van der Waals surface area contributed by atoms with Crippen LogP contribution in [0.4, 0.5) is 44.6 Å². The van der Waals surface area contributed by atoms with Crippen molar-refractivity contribution < 1.29 is 88.5 Å². The summed E-state index contributed by atoms with van der Waals surface area (Å²) < 4.78 is 83.6. The Morgan fingerprint density at radius 3 is 1.57 bits per heavy atom. The van der Waals surface area contributed by atoms with E-state index in [1.807, 2.05) is 22.6 Å². The van der Waals surface area contributed by atoms with E-state index in [-0.39, 0.29) is 43.8 Å². The molecule has 53 heavy (non-hydrogen) atoms. The fourth-order valence-corrected chi connectivity index (χ4v) is 4.53. The van der Waals surface area contributed by atoms with Gasteiger partial charge in [0.15, 0.2) is 5.82 Å². The molecule has 0 unspecified atom stereocenters. The first kappa shape index (κ1) is 61.8. The minimum atomic E-state index is -5.74. The number of nitrogens with one attached hydrogen (secondary N) is 3. The van der Waals surface area contributed by atoms with Crippen molar-refractivity contribution in [1.29, 1.82) is 0 Å². The molecule has 0 fully saturated rings. The zero-order valence-corrected chi connectivity index (χ0v) is 37.7. The monoisotopic (exact) mass is 1390 g/mol. The van der Waals surface area contributed by atoms with E-state index in [1.54, 1.807) is 22.6 Å². The van der Waals surface area contributed by atoms with Crippen LogP contribution in [0.15, 0.2) is 42.5 Å². The van der Waals surface area contributed by atoms with E-state index in [0.29, 0.717) is 20.6 Å². The Hall–Kier alpha value is -0.460. The minimum Gasteiger partial charge on any atom is -0.453 e. The lowest BCUT2D eigenvalue weighted by molar-refractivity contribution is -1.93. The molecule has 0 saturated heterocycles. The summed E-state index contributed by atoms with van der Waals surface area (Å²) in [5, 5.41) is 16.7. The molecule has 0 aliphatic rings. The maximum Gasteiger partial charge on any atom is 0.426 e. The van der Waals surface area contributed by atoms with Crippen LogP contribution in [-0.4, -0.2) is 44.9 Å². The van der Waals surface area contributed by atoms with Crippen molar-refractivity contribution in [2.75, 3.05) is 37.3 Å². The van der Waals surface area contributed by atoms with E-state index in [0.717, 1.165) is 12.1 Å². The molecule has 4 N–H and O–H groups in total. The number of hydrogen-bond donors (Lipinski definition) is 4. The Kier molecular flexibility index (Phi) is 39.2. The summed E-state index contributed by atoms with van der Waals surface area (Å²) in [7, 11) is 3.69. The number of rotatable bonds is 5. The van der Waals surface area contributed by atoms with Crippen molar-refractivity contribution in [3.05, 3.63) is 82.1 Å². The summed E-state index contributed by atoms with van der Waals surface area (Å²) in [5.74, 6) is -1.73. The van der Waals surface area contributed by atoms with Gasteiger partial charge in [-0.3, -0.25) is 26.3 Å². The Balaban J connectivity index is -0.000000109. The second-order valence-electron chi connectivity index (χ2n) is 7.46. The van der Waals surface area contributed by atoms with Gasteiger partial charge in [-0.2, -0.15) is 0 Å². The summed E-state index contributed by atoms with van der Waals surface area (Å²) in [4.78, 5) is 32.4. The number of halogens is 11. The molecule has 15 nitrogen and oxygen atoms in total. The molecule has 0 aliphatic heterocycles. The molecule has 3 aromatic rings. The maximum absolute atomic E-state index is 13.2. The molecule has 0 radical (unpaired) electrons. The van der Waals surface area contributed by atoms with Gasteiger partial charge < -0.3 is 14.2 Å². The van der Waals surface area contributed by atoms with E-state index in [4.69, 9.17) is 40.1 Å². The average molecular weight is 1390 g/mol. The second-order valence-corrected chi connectivity index (χ2v) is 13.4. The molecule has 0 aliphatic carbocycles. The molecule has 0 saturated carbocycles. The van der Waals surface area contributed by atoms with Crippen LogP contribution in [0.2, 0.25) is 15.1 Å². The van der Waals surface area contributed by atoms with Gasteiger partial charge in [-0.1, -0.05) is 57.1 Å². The summed E-state index contributed by atoms with van der Waals surface area (Å²) in [6, 6.07) is 9.36. The van der Waals surface area contributed by atoms with Gasteiger partial charge in [-0.05, 0) is 81.6 Å². The molecule has 3 amide bonds. The van der Waals surface area contributed by atoms with Crippen molar-refractivity contribution >= 4 is 153 Å². The molecule has 3 rings (SSSR count). The number of amides is 3. The molecule has 0 aromatic heterocycles. The molecule has 3 aromatic carbocycles. The number of ether oxygens (including phenoxy) is 3. The van der Waals surface area contributed by atoms with E-state index in [2.05, 4.69) is 75.6 Å². The highest BCUT2D eigenvalue weighted by atomic mass is 128. The van der Waals surface area contributed by atoms with Gasteiger partial charge in [0, 0.05) is 60.4 Å². The van der Waals surface area contributed by atoms with Gasteiger partial charge in [0.2, 0.25) is 3.22 Å². The number of hydrogen-bond acceptors (Lipinski definition) is 12. The SMILES string of the molecule is C.C.C.COC(=O)Nc1cc(F)c(Cl)cc1I.COC(=O)Nc1ccc(Cl)c(F)c1.COC(=O)Nc1ccc(Cl)c(F)c1I.II.[HH].[HH].[O-][I+3]([O-])([O-])OOO. The molecule has 308 valence electrons. The third-order valence-electron chi connectivity index (χ3n) is 4.35. The molecule has 26 heteroatoms. The Morgan fingerprint density at radius 2 is 1.15 bits per heavy atom. The molecular formula is C27H36Cl3F3I5N3O12. The first-order valence-electron chi connectivity index (χ1n) is 11.6. The standard InChI is InChI=1S/2C8H6ClFINO2.C8H7ClFNO2.3CH4.I2.HIO6.2H2/c1-14-8(13)12-7-3-5(10)4(9)2-6(7)11;1-14-8(13)12-5-3-2-4(9)6(10)7(5)11;1-13-8(12)11-5-2-3-6(9)7(10)4-5;;;;1-2;2-1(3,4)6-7-5;;/h2*2-3H,1H3,(H,12,13);2-4H,1H3,(H,11,12);3*1H4;;5H;2*1H. The third-order valence-corrected chi connectivity index (χ3v) is 7.78. The topological polar surface area (TPSA) is 223 Å². The lowest BCUT2D eigenvalue weighted by Crippen LogP contribution is -4.24. The smallest absolute Gasteiger partial charge is 0.426 e. The molecular weight excluding hydrogens is 1360 g/mol. The summed E-state index contributed by atoms with van der Waals surface area (Å²) >= 11 is 18.7. The fourth-order valence-electron chi connectivity index (χ4n) is 2.34. The highest BCUT2D eigenvalue weighted by Crippen LogP contribution is 2.27. The predicted molar refractivity (Wildman–Crippen MR) is 225 cm³/mol. The first-order valence-corrected chi connectivity index (χ1v) is 24.7. The van der Waals surface area contributed by atoms with Crippen molar-refractivity contribution in [2.45, 2.75) is 22.3 Å². The predicted octanol–water partition coefficient (Wildman–Crippen LogP) is 6.66. The van der Waals surface area contributed by atoms with Crippen molar-refractivity contribution in [3.63, 3.8) is 0 Å². The average Bonchev–Trinajstić information content (AvgIpc) is 3.06. The van der Waals surface area contributed by atoms with Crippen LogP contribution < -0.4 is 46.4 Å². The van der Waals surface area contributed by atoms with Crippen LogP contribution in [0.5, 0.6) is 0 Å². The molecule has 0 spiro atoms. The number of carbonyl (C=O) groups is 3. The van der Waals surface area contributed by atoms with Gasteiger partial charge >= 0.3 is 38.4 Å². The van der Waals surface area contributed by atoms with Crippen LogP contribution in [0.25, 0.3) is 0 Å². The number of anilines is 3. The number of carbonyl (C=O) groups excluding carboxylic acids is 3. The number of methoxy groups -OCH3 is 3. The van der Waals surface area contributed by atoms with E-state index in [9.17, 15) is 37.9 Å². The quantitative estimate of drug-likeness (QED) is 0.0526. The van der Waals surface area contributed by atoms with Crippen LogP contribution >= 0.6 is 117 Å². The minimum absolute atomic E-state index is 0. The van der Waals surface area contributed by atoms with Crippen LogP contribution in [0.1, 0.15) is 25.1 Å².